The summed E-state index contributed by atoms with van der Waals surface area (Å²) in [6, 6.07) is 0. The van der Waals surface area contributed by atoms with Crippen LogP contribution in [0.1, 0.15) is 20.3 Å². The molecule has 1 fully saturated rings. The molecule has 1 aliphatic rings. The Hall–Kier alpha value is -0.0100. The lowest BCUT2D eigenvalue weighted by Gasteiger charge is -2.25. The summed E-state index contributed by atoms with van der Waals surface area (Å²) in [5.41, 5.74) is 0. The number of methoxy groups -OCH3 is 1. The fourth-order valence-corrected chi connectivity index (χ4v) is 3.43. The lowest BCUT2D eigenvalue weighted by Crippen LogP contribution is -2.38. The van der Waals surface area contributed by atoms with Gasteiger partial charge in [-0.25, -0.2) is 0 Å². The van der Waals surface area contributed by atoms with Crippen LogP contribution in [0.15, 0.2) is 0 Å². The van der Waals surface area contributed by atoms with Gasteiger partial charge in [0.15, 0.2) is 5.79 Å². The van der Waals surface area contributed by atoms with Crippen LogP contribution in [0, 0.1) is 0 Å². The van der Waals surface area contributed by atoms with Crippen LogP contribution in [-0.2, 0) is 32.6 Å². The Morgan fingerprint density at radius 1 is 1.36 bits per heavy atom. The fourth-order valence-electron chi connectivity index (χ4n) is 2.15. The van der Waals surface area contributed by atoms with E-state index in [4.69, 9.17) is 34.9 Å². The van der Waals surface area contributed by atoms with Crippen molar-refractivity contribution in [1.29, 1.82) is 0 Å². The topological polar surface area (TPSA) is 80.3 Å². The van der Waals surface area contributed by atoms with Gasteiger partial charge in [-0.1, -0.05) is 0 Å². The summed E-state index contributed by atoms with van der Waals surface area (Å²) in [5.74, 6) is -1.02. The molecular formula is C13H24ClO7P. The number of hydrogen-bond acceptors (Lipinski definition) is 7. The van der Waals surface area contributed by atoms with Crippen molar-refractivity contribution in [3.8, 4) is 0 Å². The molecule has 0 amide bonds. The van der Waals surface area contributed by atoms with Crippen molar-refractivity contribution in [3.63, 3.8) is 0 Å². The molecule has 0 radical (unpaired) electrons. The molecule has 1 aliphatic heterocycles. The van der Waals surface area contributed by atoms with Gasteiger partial charge in [-0.15, -0.1) is 11.6 Å². The van der Waals surface area contributed by atoms with Crippen LogP contribution >= 0.6 is 19.2 Å². The van der Waals surface area contributed by atoms with E-state index in [0.29, 0.717) is 6.61 Å². The minimum atomic E-state index is -3.38. The van der Waals surface area contributed by atoms with Gasteiger partial charge in [0.1, 0.15) is 18.0 Å². The zero-order chi connectivity index (χ0) is 17.0. The van der Waals surface area contributed by atoms with Crippen molar-refractivity contribution < 1.29 is 32.6 Å². The van der Waals surface area contributed by atoms with E-state index in [1.807, 2.05) is 0 Å². The van der Waals surface area contributed by atoms with E-state index in [-0.39, 0.29) is 24.5 Å². The van der Waals surface area contributed by atoms with Crippen molar-refractivity contribution in [2.24, 2.45) is 0 Å². The molecule has 1 rings (SSSR count). The second-order valence-electron chi connectivity index (χ2n) is 5.46. The summed E-state index contributed by atoms with van der Waals surface area (Å²) in [6.45, 7) is 3.90. The van der Waals surface area contributed by atoms with Gasteiger partial charge in [0.05, 0.1) is 18.1 Å². The predicted molar refractivity (Wildman–Crippen MR) is 81.5 cm³/mol. The van der Waals surface area contributed by atoms with Gasteiger partial charge in [-0.3, -0.25) is 9.36 Å². The molecule has 1 saturated heterocycles. The number of rotatable bonds is 9. The Balaban J connectivity index is 2.61. The summed E-state index contributed by atoms with van der Waals surface area (Å²) in [5, 5.41) is -0.569. The minimum absolute atomic E-state index is 0.0122. The Morgan fingerprint density at radius 2 is 1.95 bits per heavy atom. The summed E-state index contributed by atoms with van der Waals surface area (Å²) >= 11 is 6.35. The van der Waals surface area contributed by atoms with Crippen molar-refractivity contribution in [2.45, 2.75) is 43.6 Å². The highest BCUT2D eigenvalue weighted by Gasteiger charge is 2.40. The second kappa shape index (κ2) is 8.20. The molecule has 0 saturated carbocycles. The first-order valence-corrected chi connectivity index (χ1v) is 9.03. The number of alkyl halides is 1. The highest BCUT2D eigenvalue weighted by Crippen LogP contribution is 2.46. The van der Waals surface area contributed by atoms with E-state index < -0.39 is 24.9 Å². The first-order chi connectivity index (χ1) is 10.2. The van der Waals surface area contributed by atoms with E-state index in [1.165, 1.54) is 21.3 Å². The fraction of sp³-hybridized carbons (Fsp3) is 0.923. The van der Waals surface area contributed by atoms with Crippen LogP contribution in [-0.4, -0.2) is 63.3 Å². The molecular weight excluding hydrogens is 335 g/mol. The maximum Gasteiger partial charge on any atom is 0.337 e. The number of Topliss-reactive ketones (excluding diaryl/α,β-unsaturated/α-hetero) is 1. The van der Waals surface area contributed by atoms with Crippen LogP contribution in [0.5, 0.6) is 0 Å². The minimum Gasteiger partial charge on any atom is -0.379 e. The summed E-state index contributed by atoms with van der Waals surface area (Å²) in [4.78, 5) is 12.0. The molecule has 7 nitrogen and oxygen atoms in total. The summed E-state index contributed by atoms with van der Waals surface area (Å²) in [6.07, 6.45) is -1.30. The maximum absolute atomic E-state index is 12.0. The number of ether oxygens (including phenoxy) is 3. The van der Waals surface area contributed by atoms with E-state index in [2.05, 4.69) is 0 Å². The zero-order valence-electron chi connectivity index (χ0n) is 13.5. The molecule has 0 spiro atoms. The third-order valence-corrected chi connectivity index (χ3v) is 5.81. The molecule has 22 heavy (non-hydrogen) atoms. The average Bonchev–Trinajstić information content (AvgIpc) is 2.84. The third-order valence-electron chi connectivity index (χ3n) is 3.40. The van der Waals surface area contributed by atoms with Crippen molar-refractivity contribution in [3.05, 3.63) is 0 Å². The highest BCUT2D eigenvalue weighted by molar-refractivity contribution is 7.54. The van der Waals surface area contributed by atoms with Crippen LogP contribution in [0.25, 0.3) is 0 Å². The third kappa shape index (κ3) is 5.57. The van der Waals surface area contributed by atoms with Crippen molar-refractivity contribution in [1.82, 2.24) is 0 Å². The maximum atomic E-state index is 12.0. The first-order valence-electron chi connectivity index (χ1n) is 6.87. The van der Waals surface area contributed by atoms with E-state index in [1.54, 1.807) is 13.8 Å². The standard InChI is InChI=1S/C13H24ClO7P/c1-13(2)20-7-11(21-13)12(14)10(17-3)6-9(15)8-22(16,18-4)19-5/h10-12H,6-8H2,1-5H3/t10-,11-,12+/m1/s1. The lowest BCUT2D eigenvalue weighted by molar-refractivity contribution is -0.141. The number of carbonyl (C=O) groups is 1. The van der Waals surface area contributed by atoms with Gasteiger partial charge in [-0.2, -0.15) is 0 Å². The van der Waals surface area contributed by atoms with Crippen LogP contribution in [0.4, 0.5) is 0 Å². The molecule has 1 heterocycles. The van der Waals surface area contributed by atoms with Gasteiger partial charge in [0.25, 0.3) is 0 Å². The van der Waals surface area contributed by atoms with Gasteiger partial charge in [-0.05, 0) is 13.8 Å². The Labute approximate surface area is 136 Å². The normalized spacial score (nSPS) is 24.2. The molecule has 0 aliphatic carbocycles. The van der Waals surface area contributed by atoms with Gasteiger partial charge in [0, 0.05) is 27.8 Å². The molecule has 0 aromatic rings. The molecule has 0 aromatic heterocycles. The summed E-state index contributed by atoms with van der Waals surface area (Å²) < 4.78 is 37.9. The molecule has 3 atom stereocenters. The van der Waals surface area contributed by atoms with Gasteiger partial charge >= 0.3 is 7.60 Å². The molecule has 0 aromatic carbocycles. The molecule has 130 valence electrons. The Bertz CT molecular complexity index is 421. The zero-order valence-corrected chi connectivity index (χ0v) is 15.2. The van der Waals surface area contributed by atoms with Crippen LogP contribution in [0.2, 0.25) is 0 Å². The van der Waals surface area contributed by atoms with Crippen LogP contribution < -0.4 is 0 Å². The van der Waals surface area contributed by atoms with Gasteiger partial charge < -0.3 is 23.3 Å². The number of ketones is 1. The number of halogens is 1. The Kier molecular flexibility index (Phi) is 7.46. The molecule has 9 heteroatoms. The largest absolute Gasteiger partial charge is 0.379 e. The average molecular weight is 359 g/mol. The van der Waals surface area contributed by atoms with E-state index in [0.717, 1.165) is 0 Å². The lowest BCUT2D eigenvalue weighted by atomic mass is 10.1. The summed E-state index contributed by atoms with van der Waals surface area (Å²) in [7, 11) is 0.550. The van der Waals surface area contributed by atoms with E-state index >= 15 is 0 Å². The highest BCUT2D eigenvalue weighted by atomic mass is 35.5. The van der Waals surface area contributed by atoms with Gasteiger partial charge in [0.2, 0.25) is 0 Å². The molecule has 0 unspecified atom stereocenters. The SMILES string of the molecule is CO[C@H](CC(=O)CP(=O)(OC)OC)[C@H](Cl)[C@H]1COC(C)(C)O1. The number of hydrogen-bond donors (Lipinski definition) is 0. The van der Waals surface area contributed by atoms with E-state index in [9.17, 15) is 9.36 Å². The molecule has 0 N–H and O–H groups in total. The van der Waals surface area contributed by atoms with Crippen molar-refractivity contribution in [2.75, 3.05) is 34.1 Å². The monoisotopic (exact) mass is 358 g/mol. The molecule has 0 bridgehead atoms. The predicted octanol–water partition coefficient (Wildman–Crippen LogP) is 2.21. The second-order valence-corrected chi connectivity index (χ2v) is 8.23. The Morgan fingerprint density at radius 3 is 2.36 bits per heavy atom. The first kappa shape index (κ1) is 20.0. The quantitative estimate of drug-likeness (QED) is 0.461. The van der Waals surface area contributed by atoms with Crippen molar-refractivity contribution >= 4 is 25.0 Å². The smallest absolute Gasteiger partial charge is 0.337 e. The van der Waals surface area contributed by atoms with Crippen LogP contribution in [0.3, 0.4) is 0 Å². The number of carbonyl (C=O) groups excluding carboxylic acids is 1.